The molecule has 4 rings (SSSR count). The zero-order valence-electron chi connectivity index (χ0n) is 18.8. The van der Waals surface area contributed by atoms with E-state index in [0.29, 0.717) is 11.0 Å². The number of anilines is 1. The fraction of sp³-hybridized carbons (Fsp3) is 0.0800. The number of fused-ring (bicyclic) bond motifs is 1. The molecule has 1 heterocycles. The maximum absolute atomic E-state index is 13.9. The second kappa shape index (κ2) is 9.89. The molecule has 3 N–H and O–H groups in total. The first-order valence-corrected chi connectivity index (χ1v) is 12.0. The Kier molecular flexibility index (Phi) is 6.71. The summed E-state index contributed by atoms with van der Waals surface area (Å²) in [7, 11) is -4.21. The molecule has 1 aromatic heterocycles. The molecule has 0 aliphatic heterocycles. The van der Waals surface area contributed by atoms with Crippen molar-refractivity contribution in [3.8, 4) is 6.07 Å². The Balaban J connectivity index is 1.55. The van der Waals surface area contributed by atoms with Gasteiger partial charge in [0, 0.05) is 0 Å². The van der Waals surface area contributed by atoms with Gasteiger partial charge in [-0.05, 0) is 49.4 Å². The number of carbonyl (C=O) groups is 1. The highest BCUT2D eigenvalue weighted by Gasteiger charge is 2.23. The van der Waals surface area contributed by atoms with Crippen LogP contribution in [0.25, 0.3) is 16.6 Å². The number of aromatic amines is 1. The molecule has 0 unspecified atom stereocenters. The van der Waals surface area contributed by atoms with E-state index in [9.17, 15) is 28.0 Å². The minimum atomic E-state index is -4.21. The van der Waals surface area contributed by atoms with Gasteiger partial charge in [0.1, 0.15) is 17.5 Å². The third-order valence-corrected chi connectivity index (χ3v) is 6.52. The van der Waals surface area contributed by atoms with E-state index in [0.717, 1.165) is 12.1 Å². The number of aliphatic hydroxyl groups excluding tert-OH is 1. The van der Waals surface area contributed by atoms with Gasteiger partial charge in [-0.15, -0.1) is 0 Å². The number of halogens is 1. The Morgan fingerprint density at radius 1 is 1.14 bits per heavy atom. The van der Waals surface area contributed by atoms with Crippen LogP contribution < -0.4 is 4.72 Å². The number of hydrogen-bond acceptors (Lipinski definition) is 7. The highest BCUT2D eigenvalue weighted by molar-refractivity contribution is 7.92. The minimum absolute atomic E-state index is 0.103. The van der Waals surface area contributed by atoms with E-state index in [4.69, 9.17) is 4.74 Å². The first kappa shape index (κ1) is 24.4. The van der Waals surface area contributed by atoms with E-state index >= 15 is 0 Å². The summed E-state index contributed by atoms with van der Waals surface area (Å²) in [6.45, 7) is 1.35. The number of aromatic nitrogens is 2. The van der Waals surface area contributed by atoms with E-state index < -0.39 is 33.7 Å². The third kappa shape index (κ3) is 5.03. The van der Waals surface area contributed by atoms with Crippen molar-refractivity contribution < 1.29 is 27.4 Å². The molecule has 11 heteroatoms. The number of nitrogens with one attached hydrogen (secondary N) is 2. The number of allylic oxidation sites excluding steroid dienone is 1. The van der Waals surface area contributed by atoms with E-state index in [1.54, 1.807) is 24.3 Å². The summed E-state index contributed by atoms with van der Waals surface area (Å²) in [5.74, 6) is -2.13. The topological polar surface area (TPSA) is 145 Å². The van der Waals surface area contributed by atoms with Crippen molar-refractivity contribution in [2.24, 2.45) is 0 Å². The minimum Gasteiger partial charge on any atom is -0.507 e. The van der Waals surface area contributed by atoms with Crippen LogP contribution in [0.3, 0.4) is 0 Å². The molecule has 36 heavy (non-hydrogen) atoms. The van der Waals surface area contributed by atoms with E-state index in [2.05, 4.69) is 14.7 Å². The predicted molar refractivity (Wildman–Crippen MR) is 130 cm³/mol. The Morgan fingerprint density at radius 3 is 2.58 bits per heavy atom. The molecule has 0 saturated heterocycles. The lowest BCUT2D eigenvalue weighted by Crippen LogP contribution is -2.19. The van der Waals surface area contributed by atoms with E-state index in [1.165, 1.54) is 43.3 Å². The third-order valence-electron chi connectivity index (χ3n) is 5.16. The van der Waals surface area contributed by atoms with Gasteiger partial charge in [-0.25, -0.2) is 22.6 Å². The molecule has 182 valence electrons. The summed E-state index contributed by atoms with van der Waals surface area (Å²) < 4.78 is 46.7. The fourth-order valence-corrected chi connectivity index (χ4v) is 4.44. The molecular formula is C25H19FN4O5S. The molecular weight excluding hydrogens is 487 g/mol. The number of carbonyl (C=O) groups excluding carboxylic acids is 1. The van der Waals surface area contributed by atoms with Crippen molar-refractivity contribution in [2.75, 3.05) is 4.72 Å². The molecule has 0 bridgehead atoms. The van der Waals surface area contributed by atoms with Crippen LogP contribution in [0.2, 0.25) is 0 Å². The fourth-order valence-electron chi connectivity index (χ4n) is 3.33. The van der Waals surface area contributed by atoms with E-state index in [1.807, 2.05) is 6.07 Å². The average molecular weight is 507 g/mol. The summed E-state index contributed by atoms with van der Waals surface area (Å²) in [5, 5.41) is 20.2. The van der Waals surface area contributed by atoms with Gasteiger partial charge in [0.15, 0.2) is 17.7 Å². The Morgan fingerprint density at radius 2 is 1.86 bits per heavy atom. The van der Waals surface area contributed by atoms with Gasteiger partial charge in [-0.1, -0.05) is 30.3 Å². The number of imidazole rings is 1. The summed E-state index contributed by atoms with van der Waals surface area (Å²) in [4.78, 5) is 19.6. The van der Waals surface area contributed by atoms with Crippen molar-refractivity contribution in [1.82, 2.24) is 9.97 Å². The molecule has 4 aromatic rings. The molecule has 0 amide bonds. The van der Waals surface area contributed by atoms with Gasteiger partial charge in [0.25, 0.3) is 10.0 Å². The van der Waals surface area contributed by atoms with Gasteiger partial charge in [-0.2, -0.15) is 5.26 Å². The Hall–Kier alpha value is -4.69. The normalized spacial score (nSPS) is 12.9. The van der Waals surface area contributed by atoms with Gasteiger partial charge >= 0.3 is 5.97 Å². The van der Waals surface area contributed by atoms with Crippen molar-refractivity contribution in [3.05, 3.63) is 95.8 Å². The highest BCUT2D eigenvalue weighted by Crippen LogP contribution is 2.23. The van der Waals surface area contributed by atoms with Crippen LogP contribution in [0.15, 0.2) is 83.5 Å². The molecule has 0 radical (unpaired) electrons. The summed E-state index contributed by atoms with van der Waals surface area (Å²) in [5.41, 5.74) is 0.647. The molecule has 1 atom stereocenters. The van der Waals surface area contributed by atoms with Crippen LogP contribution in [0.1, 0.15) is 23.1 Å². The van der Waals surface area contributed by atoms with Crippen molar-refractivity contribution >= 4 is 38.3 Å². The number of aliphatic hydroxyl groups is 1. The number of nitrogens with zero attached hydrogens (tertiary/aromatic N) is 2. The van der Waals surface area contributed by atoms with Crippen LogP contribution in [-0.2, 0) is 14.8 Å². The van der Waals surface area contributed by atoms with Gasteiger partial charge < -0.3 is 14.8 Å². The number of benzene rings is 3. The SMILES string of the molecule is C[C@@H](OC(=O)c1cccc(S(=O)(=O)Nc2ccccc2F)c1)/C(O)=C(\C#N)c1nc2ccccc2[nH]1. The highest BCUT2D eigenvalue weighted by atomic mass is 32.2. The van der Waals surface area contributed by atoms with Crippen molar-refractivity contribution in [2.45, 2.75) is 17.9 Å². The van der Waals surface area contributed by atoms with E-state index in [-0.39, 0.29) is 27.5 Å². The number of H-pyrrole nitrogens is 1. The largest absolute Gasteiger partial charge is 0.507 e. The molecule has 0 aliphatic carbocycles. The van der Waals surface area contributed by atoms with Gasteiger partial charge in [0.2, 0.25) is 0 Å². The summed E-state index contributed by atoms with van der Waals surface area (Å²) in [6.07, 6.45) is -1.25. The second-order valence-corrected chi connectivity index (χ2v) is 9.32. The number of nitriles is 1. The zero-order chi connectivity index (χ0) is 25.9. The van der Waals surface area contributed by atoms with Crippen LogP contribution in [0.4, 0.5) is 10.1 Å². The number of sulfonamides is 1. The predicted octanol–water partition coefficient (Wildman–Crippen LogP) is 4.54. The lowest BCUT2D eigenvalue weighted by molar-refractivity contribution is 0.0334. The molecule has 0 fully saturated rings. The van der Waals surface area contributed by atoms with Crippen molar-refractivity contribution in [3.63, 3.8) is 0 Å². The van der Waals surface area contributed by atoms with Crippen LogP contribution >= 0.6 is 0 Å². The maximum Gasteiger partial charge on any atom is 0.338 e. The summed E-state index contributed by atoms with van der Waals surface area (Å²) in [6, 6.07) is 19.1. The molecule has 3 aromatic carbocycles. The number of esters is 1. The molecule has 0 aliphatic rings. The monoisotopic (exact) mass is 506 g/mol. The van der Waals surface area contributed by atoms with Gasteiger partial charge in [0.05, 0.1) is 27.2 Å². The first-order valence-electron chi connectivity index (χ1n) is 10.6. The first-order chi connectivity index (χ1) is 17.2. The molecule has 0 saturated carbocycles. The van der Waals surface area contributed by atoms with Crippen LogP contribution in [0, 0.1) is 17.1 Å². The number of para-hydroxylation sites is 3. The Bertz CT molecular complexity index is 1610. The van der Waals surface area contributed by atoms with Crippen LogP contribution in [0.5, 0.6) is 0 Å². The molecule has 0 spiro atoms. The molecule has 9 nitrogen and oxygen atoms in total. The lowest BCUT2D eigenvalue weighted by atomic mass is 10.1. The number of rotatable bonds is 7. The maximum atomic E-state index is 13.9. The van der Waals surface area contributed by atoms with Crippen molar-refractivity contribution in [1.29, 1.82) is 5.26 Å². The number of ether oxygens (including phenoxy) is 1. The quantitative estimate of drug-likeness (QED) is 0.189. The second-order valence-electron chi connectivity index (χ2n) is 7.64. The lowest BCUT2D eigenvalue weighted by Gasteiger charge is -2.14. The average Bonchev–Trinajstić information content (AvgIpc) is 3.29. The van der Waals surface area contributed by atoms with Crippen LogP contribution in [-0.4, -0.2) is 35.6 Å². The standard InChI is InChI=1S/C25H19FN4O5S/c1-15(23(31)18(14-27)24-28-21-11-4-5-12-22(21)29-24)35-25(32)16-7-6-8-17(13-16)36(33,34)30-20-10-3-2-9-19(20)26/h2-13,15,30-31H,1H3,(H,28,29)/b23-18-/t15-/m1/s1. The summed E-state index contributed by atoms with van der Waals surface area (Å²) >= 11 is 0. The zero-order valence-corrected chi connectivity index (χ0v) is 19.6. The smallest absolute Gasteiger partial charge is 0.338 e. The Labute approximate surface area is 205 Å². The van der Waals surface area contributed by atoms with Gasteiger partial charge in [-0.3, -0.25) is 4.72 Å². The number of hydrogen-bond donors (Lipinski definition) is 3.